The Morgan fingerprint density at radius 1 is 1.00 bits per heavy atom. The molecule has 1 unspecified atom stereocenters. The molecule has 5 heteroatoms. The largest absolute Gasteiger partial charge is 0.494 e. The van der Waals surface area contributed by atoms with Gasteiger partial charge >= 0.3 is 11.8 Å². The van der Waals surface area contributed by atoms with Gasteiger partial charge in [0, 0.05) is 5.69 Å². The smallest absolute Gasteiger partial charge is 0.313 e. The van der Waals surface area contributed by atoms with Crippen molar-refractivity contribution in [3.05, 3.63) is 59.7 Å². The average Bonchev–Trinajstić information content (AvgIpc) is 2.57. The first-order chi connectivity index (χ1) is 11.5. The van der Waals surface area contributed by atoms with Gasteiger partial charge in [0.1, 0.15) is 5.75 Å². The number of ether oxygens (including phenoxy) is 1. The van der Waals surface area contributed by atoms with Crippen LogP contribution in [0.15, 0.2) is 48.5 Å². The van der Waals surface area contributed by atoms with Gasteiger partial charge in [0.05, 0.1) is 12.6 Å². The van der Waals surface area contributed by atoms with Crippen LogP contribution in [0.2, 0.25) is 0 Å². The maximum atomic E-state index is 12.0. The topological polar surface area (TPSA) is 67.4 Å². The fourth-order valence-corrected chi connectivity index (χ4v) is 2.19. The summed E-state index contributed by atoms with van der Waals surface area (Å²) < 4.78 is 5.38. The molecule has 2 rings (SSSR count). The van der Waals surface area contributed by atoms with Gasteiger partial charge < -0.3 is 15.4 Å². The third-order valence-corrected chi connectivity index (χ3v) is 3.55. The summed E-state index contributed by atoms with van der Waals surface area (Å²) >= 11 is 0. The maximum absolute atomic E-state index is 12.0. The van der Waals surface area contributed by atoms with Crippen molar-refractivity contribution in [3.8, 4) is 5.75 Å². The van der Waals surface area contributed by atoms with Crippen LogP contribution in [0, 0.1) is 6.92 Å². The Kier molecular flexibility index (Phi) is 5.95. The van der Waals surface area contributed by atoms with Crippen LogP contribution in [0.1, 0.15) is 31.0 Å². The lowest BCUT2D eigenvalue weighted by atomic mass is 10.1. The number of anilines is 1. The van der Waals surface area contributed by atoms with E-state index in [0.717, 1.165) is 16.9 Å². The summed E-state index contributed by atoms with van der Waals surface area (Å²) in [6.07, 6.45) is 0. The minimum atomic E-state index is -0.684. The molecule has 0 aliphatic carbocycles. The van der Waals surface area contributed by atoms with E-state index in [1.807, 2.05) is 57.2 Å². The number of benzene rings is 2. The van der Waals surface area contributed by atoms with Crippen LogP contribution in [0.4, 0.5) is 5.69 Å². The Morgan fingerprint density at radius 3 is 2.21 bits per heavy atom. The zero-order valence-corrected chi connectivity index (χ0v) is 14.1. The fourth-order valence-electron chi connectivity index (χ4n) is 2.19. The van der Waals surface area contributed by atoms with E-state index in [9.17, 15) is 9.59 Å². The molecule has 2 aromatic rings. The van der Waals surface area contributed by atoms with Crippen LogP contribution in [-0.4, -0.2) is 18.4 Å². The Hall–Kier alpha value is -2.82. The summed E-state index contributed by atoms with van der Waals surface area (Å²) in [5.41, 5.74) is 2.57. The minimum absolute atomic E-state index is 0.281. The molecule has 0 radical (unpaired) electrons. The van der Waals surface area contributed by atoms with E-state index in [1.54, 1.807) is 12.1 Å². The van der Waals surface area contributed by atoms with E-state index in [0.29, 0.717) is 12.3 Å². The molecule has 0 fully saturated rings. The highest BCUT2D eigenvalue weighted by Crippen LogP contribution is 2.17. The molecular weight excluding hydrogens is 304 g/mol. The predicted molar refractivity (Wildman–Crippen MR) is 94.0 cm³/mol. The molecule has 2 amide bonds. The van der Waals surface area contributed by atoms with E-state index in [1.165, 1.54) is 0 Å². The number of carbonyl (C=O) groups is 2. The molecular formula is C19H22N2O3. The second-order valence-electron chi connectivity index (χ2n) is 5.52. The Morgan fingerprint density at radius 2 is 1.62 bits per heavy atom. The number of amides is 2. The van der Waals surface area contributed by atoms with Gasteiger partial charge in [-0.3, -0.25) is 9.59 Å². The van der Waals surface area contributed by atoms with E-state index in [4.69, 9.17) is 4.74 Å². The van der Waals surface area contributed by atoms with Crippen LogP contribution in [-0.2, 0) is 9.59 Å². The van der Waals surface area contributed by atoms with Crippen LogP contribution in [0.25, 0.3) is 0 Å². The highest BCUT2D eigenvalue weighted by Gasteiger charge is 2.17. The third-order valence-electron chi connectivity index (χ3n) is 3.55. The van der Waals surface area contributed by atoms with Gasteiger partial charge in [0.2, 0.25) is 0 Å². The van der Waals surface area contributed by atoms with Crippen molar-refractivity contribution < 1.29 is 14.3 Å². The molecule has 5 nitrogen and oxygen atoms in total. The van der Waals surface area contributed by atoms with Crippen molar-refractivity contribution in [2.45, 2.75) is 26.8 Å². The lowest BCUT2D eigenvalue weighted by Gasteiger charge is -2.15. The van der Waals surface area contributed by atoms with E-state index in [2.05, 4.69) is 10.6 Å². The van der Waals surface area contributed by atoms with Gasteiger partial charge in [-0.1, -0.05) is 29.8 Å². The number of hydrogen-bond donors (Lipinski definition) is 2. The Labute approximate surface area is 142 Å². The fraction of sp³-hybridized carbons (Fsp3) is 0.263. The van der Waals surface area contributed by atoms with Gasteiger partial charge in [-0.25, -0.2) is 0 Å². The van der Waals surface area contributed by atoms with Crippen LogP contribution in [0.3, 0.4) is 0 Å². The molecule has 2 N–H and O–H groups in total. The second-order valence-corrected chi connectivity index (χ2v) is 5.52. The molecule has 0 aliphatic rings. The zero-order chi connectivity index (χ0) is 17.5. The third kappa shape index (κ3) is 4.84. The summed E-state index contributed by atoms with van der Waals surface area (Å²) in [4.78, 5) is 24.0. The highest BCUT2D eigenvalue weighted by molar-refractivity contribution is 6.39. The molecule has 0 bridgehead atoms. The summed E-state index contributed by atoms with van der Waals surface area (Å²) in [7, 11) is 0. The first kappa shape index (κ1) is 17.5. The van der Waals surface area contributed by atoms with Gasteiger partial charge in [0.15, 0.2) is 0 Å². The Balaban J connectivity index is 1.92. The van der Waals surface area contributed by atoms with Crippen molar-refractivity contribution >= 4 is 17.5 Å². The lowest BCUT2D eigenvalue weighted by molar-refractivity contribution is -0.136. The molecule has 0 saturated carbocycles. The quantitative estimate of drug-likeness (QED) is 0.829. The summed E-state index contributed by atoms with van der Waals surface area (Å²) in [5, 5.41) is 5.27. The maximum Gasteiger partial charge on any atom is 0.313 e. The molecule has 0 saturated heterocycles. The van der Waals surface area contributed by atoms with Crippen molar-refractivity contribution in [2.75, 3.05) is 11.9 Å². The second kappa shape index (κ2) is 8.15. The highest BCUT2D eigenvalue weighted by atomic mass is 16.5. The van der Waals surface area contributed by atoms with Gasteiger partial charge in [-0.15, -0.1) is 0 Å². The first-order valence-electron chi connectivity index (χ1n) is 7.91. The van der Waals surface area contributed by atoms with Crippen molar-refractivity contribution in [1.29, 1.82) is 0 Å². The van der Waals surface area contributed by atoms with Crippen LogP contribution >= 0.6 is 0 Å². The molecule has 0 spiro atoms. The minimum Gasteiger partial charge on any atom is -0.494 e. The molecule has 0 aromatic heterocycles. The average molecular weight is 326 g/mol. The van der Waals surface area contributed by atoms with E-state index in [-0.39, 0.29) is 6.04 Å². The number of hydrogen-bond acceptors (Lipinski definition) is 3. The number of rotatable bonds is 5. The normalized spacial score (nSPS) is 11.5. The monoisotopic (exact) mass is 326 g/mol. The molecule has 0 heterocycles. The van der Waals surface area contributed by atoms with Crippen LogP contribution < -0.4 is 15.4 Å². The van der Waals surface area contributed by atoms with E-state index >= 15 is 0 Å². The number of aryl methyl sites for hydroxylation is 1. The molecule has 1 atom stereocenters. The van der Waals surface area contributed by atoms with Gasteiger partial charge in [0.25, 0.3) is 0 Å². The standard InChI is InChI=1S/C19H22N2O3/c1-4-24-17-11-7-15(8-12-17)14(3)20-18(22)19(23)21-16-9-5-13(2)6-10-16/h5-12,14H,4H2,1-3H3,(H,20,22)(H,21,23). The molecule has 24 heavy (non-hydrogen) atoms. The number of nitrogens with one attached hydrogen (secondary N) is 2. The zero-order valence-electron chi connectivity index (χ0n) is 14.1. The molecule has 2 aromatic carbocycles. The van der Waals surface area contributed by atoms with Crippen LogP contribution in [0.5, 0.6) is 5.75 Å². The lowest BCUT2D eigenvalue weighted by Crippen LogP contribution is -2.36. The van der Waals surface area contributed by atoms with Crippen molar-refractivity contribution in [2.24, 2.45) is 0 Å². The summed E-state index contributed by atoms with van der Waals surface area (Å²) in [6, 6.07) is 14.4. The predicted octanol–water partition coefficient (Wildman–Crippen LogP) is 3.21. The van der Waals surface area contributed by atoms with Crippen molar-refractivity contribution in [1.82, 2.24) is 5.32 Å². The first-order valence-corrected chi connectivity index (χ1v) is 7.91. The summed E-state index contributed by atoms with van der Waals surface area (Å²) in [6.45, 7) is 6.30. The number of carbonyl (C=O) groups excluding carboxylic acids is 2. The summed E-state index contributed by atoms with van der Waals surface area (Å²) in [5.74, 6) is -0.578. The SMILES string of the molecule is CCOc1ccc(C(C)NC(=O)C(=O)Nc2ccc(C)cc2)cc1. The van der Waals surface area contributed by atoms with E-state index < -0.39 is 11.8 Å². The van der Waals surface area contributed by atoms with Crippen molar-refractivity contribution in [3.63, 3.8) is 0 Å². The Bertz CT molecular complexity index is 694. The molecule has 0 aliphatic heterocycles. The van der Waals surface area contributed by atoms with Gasteiger partial charge in [-0.2, -0.15) is 0 Å². The molecule has 126 valence electrons. The van der Waals surface area contributed by atoms with Gasteiger partial charge in [-0.05, 0) is 50.6 Å².